The second-order valence-corrected chi connectivity index (χ2v) is 6.25. The van der Waals surface area contributed by atoms with E-state index in [0.29, 0.717) is 13.2 Å². The molecule has 0 aliphatic heterocycles. The Hall–Kier alpha value is -2.25. The van der Waals surface area contributed by atoms with Gasteiger partial charge in [-0.25, -0.2) is 0 Å². The van der Waals surface area contributed by atoms with Crippen LogP contribution in [0.4, 0.5) is 0 Å². The second kappa shape index (κ2) is 13.0. The zero-order chi connectivity index (χ0) is 20.0. The molecule has 0 bridgehead atoms. The summed E-state index contributed by atoms with van der Waals surface area (Å²) in [6, 6.07) is 19.5. The molecule has 0 saturated carbocycles. The lowest BCUT2D eigenvalue weighted by atomic mass is 10.2. The number of rotatable bonds is 13. The van der Waals surface area contributed by atoms with Crippen molar-refractivity contribution in [2.75, 3.05) is 26.9 Å². The van der Waals surface area contributed by atoms with Gasteiger partial charge in [-0.05, 0) is 11.1 Å². The molecule has 6 nitrogen and oxygen atoms in total. The zero-order valence-corrected chi connectivity index (χ0v) is 16.2. The van der Waals surface area contributed by atoms with Gasteiger partial charge in [0.1, 0.15) is 12.2 Å². The van der Waals surface area contributed by atoms with Crippen LogP contribution in [-0.4, -0.2) is 50.2 Å². The quantitative estimate of drug-likeness (QED) is 0.420. The predicted octanol–water partition coefficient (Wildman–Crippen LogP) is 2.73. The predicted molar refractivity (Wildman–Crippen MR) is 105 cm³/mol. The Morgan fingerprint density at radius 2 is 1.43 bits per heavy atom. The van der Waals surface area contributed by atoms with E-state index in [1.165, 1.54) is 7.11 Å². The number of carbonyl (C=O) groups is 1. The highest BCUT2D eigenvalue weighted by Crippen LogP contribution is 2.12. The third-order valence-corrected chi connectivity index (χ3v) is 4.17. The monoisotopic (exact) mass is 388 g/mol. The van der Waals surface area contributed by atoms with E-state index in [0.717, 1.165) is 11.1 Å². The van der Waals surface area contributed by atoms with Gasteiger partial charge in [-0.3, -0.25) is 4.79 Å². The Bertz CT molecular complexity index is 661. The Kier molecular flexibility index (Phi) is 10.2. The molecule has 0 fully saturated rings. The summed E-state index contributed by atoms with van der Waals surface area (Å²) in [6.45, 7) is 0.946. The Labute approximate surface area is 166 Å². The van der Waals surface area contributed by atoms with E-state index >= 15 is 0 Å². The van der Waals surface area contributed by atoms with Crippen molar-refractivity contribution in [2.24, 2.45) is 0 Å². The number of hydrogen-bond acceptors (Lipinski definition) is 6. The van der Waals surface area contributed by atoms with Gasteiger partial charge in [0.25, 0.3) is 0 Å². The molecule has 6 heteroatoms. The fourth-order valence-electron chi connectivity index (χ4n) is 2.55. The fourth-order valence-corrected chi connectivity index (χ4v) is 2.55. The summed E-state index contributed by atoms with van der Waals surface area (Å²) in [5, 5.41) is 9.82. The molecule has 1 unspecified atom stereocenters. The number of benzene rings is 2. The van der Waals surface area contributed by atoms with Gasteiger partial charge in [0.15, 0.2) is 0 Å². The first-order chi connectivity index (χ1) is 13.7. The van der Waals surface area contributed by atoms with Crippen molar-refractivity contribution in [3.63, 3.8) is 0 Å². The van der Waals surface area contributed by atoms with Gasteiger partial charge in [0.05, 0.1) is 46.6 Å². The van der Waals surface area contributed by atoms with Crippen LogP contribution in [0.2, 0.25) is 0 Å². The SMILES string of the molecule is COC(=O)CCOCC(OCc1ccccc1)[C@H](CO)OCc1ccccc1. The van der Waals surface area contributed by atoms with E-state index in [2.05, 4.69) is 4.74 Å². The molecule has 2 aromatic rings. The topological polar surface area (TPSA) is 74.2 Å². The third-order valence-electron chi connectivity index (χ3n) is 4.17. The molecule has 152 valence electrons. The van der Waals surface area contributed by atoms with Crippen LogP contribution in [0.15, 0.2) is 60.7 Å². The molecule has 2 aromatic carbocycles. The highest BCUT2D eigenvalue weighted by Gasteiger charge is 2.23. The van der Waals surface area contributed by atoms with Crippen molar-refractivity contribution >= 4 is 5.97 Å². The molecule has 0 radical (unpaired) electrons. The van der Waals surface area contributed by atoms with E-state index in [1.54, 1.807) is 0 Å². The molecule has 0 aliphatic rings. The standard InChI is InChI=1S/C22H28O6/c1-25-22(24)12-13-26-17-21(28-16-19-10-6-3-7-11-19)20(14-23)27-15-18-8-4-2-5-9-18/h2-11,20-21,23H,12-17H2,1H3/t20-,21?/m0/s1. The minimum absolute atomic E-state index is 0.163. The van der Waals surface area contributed by atoms with Crippen LogP contribution in [0.5, 0.6) is 0 Å². The van der Waals surface area contributed by atoms with Crippen LogP contribution >= 0.6 is 0 Å². The first-order valence-electron chi connectivity index (χ1n) is 9.29. The van der Waals surface area contributed by atoms with Gasteiger partial charge in [-0.1, -0.05) is 60.7 Å². The lowest BCUT2D eigenvalue weighted by molar-refractivity contribution is -0.144. The summed E-state index contributed by atoms with van der Waals surface area (Å²) in [6.07, 6.45) is -0.870. The first kappa shape index (κ1) is 22.0. The number of methoxy groups -OCH3 is 1. The molecule has 0 aromatic heterocycles. The molecule has 1 N–H and O–H groups in total. The minimum Gasteiger partial charge on any atom is -0.469 e. The van der Waals surface area contributed by atoms with E-state index in [4.69, 9.17) is 14.2 Å². The largest absolute Gasteiger partial charge is 0.469 e. The smallest absolute Gasteiger partial charge is 0.307 e. The van der Waals surface area contributed by atoms with Gasteiger partial charge < -0.3 is 24.1 Å². The maximum Gasteiger partial charge on any atom is 0.307 e. The lowest BCUT2D eigenvalue weighted by Crippen LogP contribution is -2.38. The van der Waals surface area contributed by atoms with Crippen LogP contribution < -0.4 is 0 Å². The van der Waals surface area contributed by atoms with Gasteiger partial charge in [-0.2, -0.15) is 0 Å². The molecular weight excluding hydrogens is 360 g/mol. The molecule has 0 aliphatic carbocycles. The van der Waals surface area contributed by atoms with Gasteiger partial charge in [-0.15, -0.1) is 0 Å². The highest BCUT2D eigenvalue weighted by molar-refractivity contribution is 5.69. The number of ether oxygens (including phenoxy) is 4. The maximum absolute atomic E-state index is 11.2. The Morgan fingerprint density at radius 3 is 1.93 bits per heavy atom. The fraction of sp³-hybridized carbons (Fsp3) is 0.409. The van der Waals surface area contributed by atoms with Crippen LogP contribution in [0.25, 0.3) is 0 Å². The number of carbonyl (C=O) groups excluding carboxylic acids is 1. The van der Waals surface area contributed by atoms with E-state index in [1.807, 2.05) is 60.7 Å². The molecule has 0 spiro atoms. The molecule has 0 heterocycles. The summed E-state index contributed by atoms with van der Waals surface area (Å²) in [7, 11) is 1.34. The molecule has 0 saturated heterocycles. The van der Waals surface area contributed by atoms with Crippen molar-refractivity contribution in [1.29, 1.82) is 0 Å². The molecule has 2 rings (SSSR count). The van der Waals surface area contributed by atoms with Gasteiger partial charge in [0.2, 0.25) is 0 Å². The molecule has 0 amide bonds. The summed E-state index contributed by atoms with van der Waals surface area (Å²) >= 11 is 0. The minimum atomic E-state index is -0.554. The number of hydrogen-bond donors (Lipinski definition) is 1. The summed E-state index contributed by atoms with van der Waals surface area (Å²) < 4.78 is 22.0. The van der Waals surface area contributed by atoms with Crippen LogP contribution in [0.1, 0.15) is 17.5 Å². The second-order valence-electron chi connectivity index (χ2n) is 6.25. The van der Waals surface area contributed by atoms with E-state index in [9.17, 15) is 9.90 Å². The average molecular weight is 388 g/mol. The van der Waals surface area contributed by atoms with E-state index in [-0.39, 0.29) is 32.2 Å². The molecule has 28 heavy (non-hydrogen) atoms. The van der Waals surface area contributed by atoms with Crippen molar-refractivity contribution in [3.8, 4) is 0 Å². The summed E-state index contributed by atoms with van der Waals surface area (Å²) in [4.78, 5) is 11.2. The Morgan fingerprint density at radius 1 is 0.893 bits per heavy atom. The average Bonchev–Trinajstić information content (AvgIpc) is 2.75. The van der Waals surface area contributed by atoms with Crippen LogP contribution in [-0.2, 0) is 37.0 Å². The van der Waals surface area contributed by atoms with Crippen molar-refractivity contribution < 1.29 is 28.8 Å². The van der Waals surface area contributed by atoms with Crippen molar-refractivity contribution in [2.45, 2.75) is 31.8 Å². The number of aliphatic hydroxyl groups is 1. The van der Waals surface area contributed by atoms with Gasteiger partial charge >= 0.3 is 5.97 Å². The van der Waals surface area contributed by atoms with E-state index < -0.39 is 12.2 Å². The molecular formula is C22H28O6. The van der Waals surface area contributed by atoms with Gasteiger partial charge in [0, 0.05) is 0 Å². The normalized spacial score (nSPS) is 13.1. The molecule has 2 atom stereocenters. The Balaban J connectivity index is 1.91. The maximum atomic E-state index is 11.2. The number of esters is 1. The first-order valence-corrected chi connectivity index (χ1v) is 9.29. The number of aliphatic hydroxyl groups excluding tert-OH is 1. The van der Waals surface area contributed by atoms with Crippen molar-refractivity contribution in [3.05, 3.63) is 71.8 Å². The lowest BCUT2D eigenvalue weighted by Gasteiger charge is -2.26. The van der Waals surface area contributed by atoms with Crippen LogP contribution in [0.3, 0.4) is 0 Å². The van der Waals surface area contributed by atoms with Crippen LogP contribution in [0, 0.1) is 0 Å². The van der Waals surface area contributed by atoms with Crippen molar-refractivity contribution in [1.82, 2.24) is 0 Å². The third kappa shape index (κ3) is 8.19. The summed E-state index contributed by atoms with van der Waals surface area (Å²) in [5.41, 5.74) is 2.02. The zero-order valence-electron chi connectivity index (χ0n) is 16.2. The summed E-state index contributed by atoms with van der Waals surface area (Å²) in [5.74, 6) is -0.333. The highest BCUT2D eigenvalue weighted by atomic mass is 16.6.